The summed E-state index contributed by atoms with van der Waals surface area (Å²) in [5.41, 5.74) is 12.1. The van der Waals surface area contributed by atoms with E-state index in [0.717, 1.165) is 0 Å². The Hall–Kier alpha value is -2.87. The summed E-state index contributed by atoms with van der Waals surface area (Å²) < 4.78 is 0. The average molecular weight is 528 g/mol. The van der Waals surface area contributed by atoms with E-state index in [1.54, 1.807) is 12.1 Å². The summed E-state index contributed by atoms with van der Waals surface area (Å²) in [6.07, 6.45) is 3.42. The number of carboxylic acids is 1. The van der Waals surface area contributed by atoms with Gasteiger partial charge in [-0.05, 0) is 68.4 Å². The van der Waals surface area contributed by atoms with Crippen LogP contribution in [0.5, 0.6) is 5.75 Å². The number of unbranched alkanes of at least 4 members (excludes halogenated alkanes) is 1. The molecule has 10 N–H and O–H groups in total. The molecule has 0 bridgehead atoms. The minimum atomic E-state index is -1.38. The summed E-state index contributed by atoms with van der Waals surface area (Å²) in [7, 11) is 0. The smallest absolute Gasteiger partial charge is 0.326 e. The van der Waals surface area contributed by atoms with Crippen LogP contribution in [0.15, 0.2) is 24.3 Å². The Morgan fingerprint density at radius 1 is 0.917 bits per heavy atom. The van der Waals surface area contributed by atoms with Crippen molar-refractivity contribution < 1.29 is 34.5 Å². The number of nitrogens with two attached hydrogens (primary N) is 2. The first-order chi connectivity index (χ1) is 17.1. The lowest BCUT2D eigenvalue weighted by atomic mass is 10.0. The first kappa shape index (κ1) is 31.2. The number of carbonyl (C=O) groups excluding carboxylic acids is 3. The van der Waals surface area contributed by atoms with Crippen LogP contribution in [0.2, 0.25) is 0 Å². The molecule has 0 aromatic heterocycles. The van der Waals surface area contributed by atoms with Gasteiger partial charge in [0.2, 0.25) is 17.7 Å². The lowest BCUT2D eigenvalue weighted by Crippen LogP contribution is -2.58. The zero-order valence-electron chi connectivity index (χ0n) is 20.3. The highest BCUT2D eigenvalue weighted by molar-refractivity contribution is 7.98. The zero-order valence-corrected chi connectivity index (χ0v) is 21.1. The number of thioether (sulfide) groups is 1. The van der Waals surface area contributed by atoms with Crippen LogP contribution in [0.1, 0.15) is 31.2 Å². The maximum atomic E-state index is 12.8. The standard InChI is InChI=1S/C23H37N5O7S/c1-36-11-9-18(23(34)35)27-21(32)17(4-2-3-10-24)26-22(33)19(13-29)28-20(31)16(25)12-14-5-7-15(30)8-6-14/h5-8,16-19,29-30H,2-4,9-13,24-25H2,1H3,(H,26,33)(H,27,32)(H,28,31)(H,34,35). The number of aliphatic hydroxyl groups is 1. The molecular weight excluding hydrogens is 490 g/mol. The van der Waals surface area contributed by atoms with E-state index < -0.39 is 54.5 Å². The highest BCUT2D eigenvalue weighted by Crippen LogP contribution is 2.11. The molecule has 3 amide bonds. The second-order valence-corrected chi connectivity index (χ2v) is 9.23. The molecule has 0 fully saturated rings. The Kier molecular flexibility index (Phi) is 14.5. The number of carbonyl (C=O) groups is 4. The predicted molar refractivity (Wildman–Crippen MR) is 136 cm³/mol. The largest absolute Gasteiger partial charge is 0.508 e. The first-order valence-corrected chi connectivity index (χ1v) is 13.0. The second kappa shape index (κ2) is 16.7. The number of carboxylic acid groups (broad SMARTS) is 1. The molecule has 0 radical (unpaired) electrons. The molecule has 0 aliphatic heterocycles. The van der Waals surface area contributed by atoms with Gasteiger partial charge in [0, 0.05) is 0 Å². The van der Waals surface area contributed by atoms with E-state index in [1.165, 1.54) is 23.9 Å². The van der Waals surface area contributed by atoms with E-state index in [2.05, 4.69) is 16.0 Å². The Morgan fingerprint density at radius 2 is 1.50 bits per heavy atom. The molecule has 4 unspecified atom stereocenters. The normalized spacial score (nSPS) is 14.2. The molecule has 1 rings (SSSR count). The number of hydrogen-bond donors (Lipinski definition) is 8. The van der Waals surface area contributed by atoms with Gasteiger partial charge in [-0.2, -0.15) is 11.8 Å². The van der Waals surface area contributed by atoms with Crippen LogP contribution in [0.3, 0.4) is 0 Å². The van der Waals surface area contributed by atoms with Crippen LogP contribution in [-0.2, 0) is 25.6 Å². The van der Waals surface area contributed by atoms with Crippen molar-refractivity contribution in [1.82, 2.24) is 16.0 Å². The Labute approximate surface area is 214 Å². The quantitative estimate of drug-likeness (QED) is 0.112. The number of amides is 3. The van der Waals surface area contributed by atoms with Crippen molar-refractivity contribution in [3.05, 3.63) is 29.8 Å². The summed E-state index contributed by atoms with van der Waals surface area (Å²) in [4.78, 5) is 49.6. The number of rotatable bonds is 17. The molecule has 0 aliphatic carbocycles. The lowest BCUT2D eigenvalue weighted by molar-refractivity contribution is -0.142. The van der Waals surface area contributed by atoms with Gasteiger partial charge in [0.05, 0.1) is 12.6 Å². The van der Waals surface area contributed by atoms with Gasteiger partial charge in [0.1, 0.15) is 23.9 Å². The maximum absolute atomic E-state index is 12.8. The highest BCUT2D eigenvalue weighted by Gasteiger charge is 2.29. The fraction of sp³-hybridized carbons (Fsp3) is 0.565. The number of aliphatic hydroxyl groups excluding tert-OH is 1. The van der Waals surface area contributed by atoms with Gasteiger partial charge in [-0.15, -0.1) is 0 Å². The molecule has 202 valence electrons. The van der Waals surface area contributed by atoms with Crippen molar-refractivity contribution >= 4 is 35.5 Å². The Balaban J connectivity index is 2.82. The van der Waals surface area contributed by atoms with Crippen LogP contribution in [0.4, 0.5) is 0 Å². The van der Waals surface area contributed by atoms with Crippen molar-refractivity contribution in [3.63, 3.8) is 0 Å². The number of benzene rings is 1. The van der Waals surface area contributed by atoms with Crippen LogP contribution in [-0.4, -0.2) is 88.3 Å². The third kappa shape index (κ3) is 11.2. The fourth-order valence-electron chi connectivity index (χ4n) is 3.25. The lowest BCUT2D eigenvalue weighted by Gasteiger charge is -2.24. The van der Waals surface area contributed by atoms with Gasteiger partial charge >= 0.3 is 5.97 Å². The van der Waals surface area contributed by atoms with Gasteiger partial charge in [-0.3, -0.25) is 14.4 Å². The molecular formula is C23H37N5O7S. The van der Waals surface area contributed by atoms with Crippen LogP contribution < -0.4 is 27.4 Å². The fourth-order valence-corrected chi connectivity index (χ4v) is 3.72. The SMILES string of the molecule is CSCCC(NC(=O)C(CCCCN)NC(=O)C(CO)NC(=O)C(N)Cc1ccc(O)cc1)C(=O)O. The molecule has 1 aromatic rings. The topological polar surface area (TPSA) is 217 Å². The average Bonchev–Trinajstić information content (AvgIpc) is 2.85. The molecule has 36 heavy (non-hydrogen) atoms. The van der Waals surface area contributed by atoms with Crippen LogP contribution in [0.25, 0.3) is 0 Å². The van der Waals surface area contributed by atoms with Crippen LogP contribution >= 0.6 is 11.8 Å². The van der Waals surface area contributed by atoms with Gasteiger partial charge in [0.15, 0.2) is 0 Å². The van der Waals surface area contributed by atoms with E-state index in [0.29, 0.717) is 30.7 Å². The Morgan fingerprint density at radius 3 is 2.06 bits per heavy atom. The first-order valence-electron chi connectivity index (χ1n) is 11.6. The molecule has 0 heterocycles. The number of phenolic OH excluding ortho intramolecular Hbond substituents is 1. The van der Waals surface area contributed by atoms with E-state index in [-0.39, 0.29) is 25.0 Å². The Bertz CT molecular complexity index is 856. The van der Waals surface area contributed by atoms with Gasteiger partial charge < -0.3 is 42.7 Å². The monoisotopic (exact) mass is 527 g/mol. The van der Waals surface area contributed by atoms with Crippen molar-refractivity contribution in [2.75, 3.05) is 25.2 Å². The minimum absolute atomic E-state index is 0.0674. The summed E-state index contributed by atoms with van der Waals surface area (Å²) >= 11 is 1.44. The number of hydrogen-bond acceptors (Lipinski definition) is 9. The summed E-state index contributed by atoms with van der Waals surface area (Å²) in [5, 5.41) is 35.7. The van der Waals surface area contributed by atoms with Crippen LogP contribution in [0, 0.1) is 0 Å². The molecule has 13 heteroatoms. The number of nitrogens with one attached hydrogen (secondary N) is 3. The molecule has 4 atom stereocenters. The van der Waals surface area contributed by atoms with E-state index in [9.17, 15) is 34.5 Å². The van der Waals surface area contributed by atoms with E-state index >= 15 is 0 Å². The molecule has 0 spiro atoms. The molecule has 0 aliphatic rings. The summed E-state index contributed by atoms with van der Waals surface area (Å²) in [6, 6.07) is 1.50. The van der Waals surface area contributed by atoms with Crippen molar-refractivity contribution in [2.45, 2.75) is 56.3 Å². The number of phenols is 1. The third-order valence-electron chi connectivity index (χ3n) is 5.35. The second-order valence-electron chi connectivity index (χ2n) is 8.25. The number of aliphatic carboxylic acids is 1. The number of aromatic hydroxyl groups is 1. The van der Waals surface area contributed by atoms with Crippen molar-refractivity contribution in [3.8, 4) is 5.75 Å². The summed E-state index contributed by atoms with van der Waals surface area (Å²) in [5.74, 6) is -2.79. The predicted octanol–water partition coefficient (Wildman–Crippen LogP) is -1.32. The highest BCUT2D eigenvalue weighted by atomic mass is 32.2. The zero-order chi connectivity index (χ0) is 27.1. The van der Waals surface area contributed by atoms with Gasteiger partial charge in [-0.25, -0.2) is 4.79 Å². The van der Waals surface area contributed by atoms with E-state index in [4.69, 9.17) is 11.5 Å². The molecule has 0 saturated heterocycles. The third-order valence-corrected chi connectivity index (χ3v) is 5.99. The minimum Gasteiger partial charge on any atom is -0.508 e. The molecule has 0 saturated carbocycles. The summed E-state index contributed by atoms with van der Waals surface area (Å²) in [6.45, 7) is -0.367. The molecule has 12 nitrogen and oxygen atoms in total. The van der Waals surface area contributed by atoms with Crippen molar-refractivity contribution in [2.24, 2.45) is 11.5 Å². The maximum Gasteiger partial charge on any atom is 0.326 e. The molecule has 1 aromatic carbocycles. The van der Waals surface area contributed by atoms with E-state index in [1.807, 2.05) is 6.26 Å². The van der Waals surface area contributed by atoms with Crippen molar-refractivity contribution in [1.29, 1.82) is 0 Å². The van der Waals surface area contributed by atoms with Gasteiger partial charge in [-0.1, -0.05) is 12.1 Å². The van der Waals surface area contributed by atoms with Gasteiger partial charge in [0.25, 0.3) is 0 Å².